The monoisotopic (exact) mass is 468 g/mol. The highest BCUT2D eigenvalue weighted by Crippen LogP contribution is 2.52. The van der Waals surface area contributed by atoms with Gasteiger partial charge in [-0.3, -0.25) is 14.4 Å². The summed E-state index contributed by atoms with van der Waals surface area (Å²) in [7, 11) is 0. The summed E-state index contributed by atoms with van der Waals surface area (Å²) in [5, 5.41) is 47.1. The Bertz CT molecular complexity index is 1180. The predicted octanol–water partition coefficient (Wildman–Crippen LogP) is 1.46. The quantitative estimate of drug-likeness (QED) is 0.361. The molecular weight excluding hydrogens is 440 g/mol. The fraction of sp³-hybridized carbons (Fsp3) is 0.480. The number of aromatic hydroxyl groups is 1. The molecule has 0 bridgehead atoms. The van der Waals surface area contributed by atoms with Gasteiger partial charge >= 0.3 is 0 Å². The molecule has 1 aromatic carbocycles. The zero-order chi connectivity index (χ0) is 24.4. The number of rotatable bonds is 4. The Morgan fingerprint density at radius 3 is 2.50 bits per heavy atom. The Labute approximate surface area is 196 Å². The van der Waals surface area contributed by atoms with Gasteiger partial charge in [-0.1, -0.05) is 18.9 Å². The van der Waals surface area contributed by atoms with E-state index < -0.39 is 52.0 Å². The van der Waals surface area contributed by atoms with E-state index in [0.717, 1.165) is 24.0 Å². The first-order valence-electron chi connectivity index (χ1n) is 11.7. The van der Waals surface area contributed by atoms with Crippen molar-refractivity contribution in [1.29, 1.82) is 0 Å². The number of amides is 1. The number of hydrogen-bond acceptors (Lipinski definition) is 8. The Morgan fingerprint density at radius 2 is 1.82 bits per heavy atom. The zero-order valence-corrected chi connectivity index (χ0v) is 18.6. The minimum Gasteiger partial charge on any atom is -0.508 e. The third-order valence-corrected chi connectivity index (χ3v) is 7.98. The van der Waals surface area contributed by atoms with E-state index in [9.17, 15) is 34.8 Å². The van der Waals surface area contributed by atoms with E-state index in [0.29, 0.717) is 19.0 Å². The van der Waals surface area contributed by atoms with Crippen LogP contribution in [0, 0.1) is 11.8 Å². The maximum Gasteiger partial charge on any atom is 0.255 e. The average Bonchev–Trinajstić information content (AvgIpc) is 3.29. The van der Waals surface area contributed by atoms with E-state index in [2.05, 4.69) is 5.32 Å². The molecule has 180 valence electrons. The predicted molar refractivity (Wildman–Crippen MR) is 120 cm³/mol. The van der Waals surface area contributed by atoms with Gasteiger partial charge in [-0.25, -0.2) is 0 Å². The van der Waals surface area contributed by atoms with Crippen LogP contribution in [0.4, 0.5) is 0 Å². The van der Waals surface area contributed by atoms with Crippen LogP contribution < -0.4 is 11.1 Å². The number of nitrogens with two attached hydrogens (primary N) is 1. The molecule has 1 aromatic rings. The molecule has 34 heavy (non-hydrogen) atoms. The third-order valence-electron chi connectivity index (χ3n) is 7.98. The molecule has 9 heteroatoms. The first-order valence-corrected chi connectivity index (χ1v) is 11.7. The van der Waals surface area contributed by atoms with Crippen LogP contribution in [0.5, 0.6) is 5.75 Å². The van der Waals surface area contributed by atoms with Crippen molar-refractivity contribution in [2.24, 2.45) is 17.6 Å². The Morgan fingerprint density at radius 1 is 1.12 bits per heavy atom. The SMILES string of the molecule is NC(=O)C1=C(O)C2(O)C(=O)C3=C(O)c4c(O)ccc(CNC5CCCC5)c4CC3CC2CC1=O. The molecule has 1 amide bonds. The molecular formula is C25H28N2O7. The summed E-state index contributed by atoms with van der Waals surface area (Å²) in [4.78, 5) is 37.6. The summed E-state index contributed by atoms with van der Waals surface area (Å²) in [5.41, 5.74) is 3.52. The molecule has 0 aliphatic heterocycles. The van der Waals surface area contributed by atoms with E-state index >= 15 is 0 Å². The Kier molecular flexibility index (Phi) is 5.29. The molecule has 0 heterocycles. The van der Waals surface area contributed by atoms with Gasteiger partial charge in [-0.2, -0.15) is 0 Å². The second-order valence-corrected chi connectivity index (χ2v) is 9.87. The zero-order valence-electron chi connectivity index (χ0n) is 18.6. The topological polar surface area (TPSA) is 170 Å². The van der Waals surface area contributed by atoms with E-state index in [1.54, 1.807) is 6.07 Å². The lowest BCUT2D eigenvalue weighted by molar-refractivity contribution is -0.147. The van der Waals surface area contributed by atoms with Crippen LogP contribution in [0.2, 0.25) is 0 Å². The molecule has 0 aromatic heterocycles. The summed E-state index contributed by atoms with van der Waals surface area (Å²) in [6.45, 7) is 0.550. The summed E-state index contributed by atoms with van der Waals surface area (Å²) in [5.74, 6) is -6.11. The average molecular weight is 469 g/mol. The third kappa shape index (κ3) is 3.18. The van der Waals surface area contributed by atoms with Gasteiger partial charge < -0.3 is 31.5 Å². The summed E-state index contributed by atoms with van der Waals surface area (Å²) < 4.78 is 0. The number of ketones is 2. The van der Waals surface area contributed by atoms with Crippen molar-refractivity contribution in [1.82, 2.24) is 5.32 Å². The maximum absolute atomic E-state index is 13.5. The van der Waals surface area contributed by atoms with Gasteiger partial charge in [0.25, 0.3) is 5.91 Å². The van der Waals surface area contributed by atoms with Gasteiger partial charge in [0.05, 0.1) is 5.56 Å². The molecule has 9 nitrogen and oxygen atoms in total. The molecule has 3 atom stereocenters. The van der Waals surface area contributed by atoms with Crippen LogP contribution in [-0.2, 0) is 27.3 Å². The number of Topliss-reactive ketones (excluding diaryl/α,β-unsaturated/α-hetero) is 2. The van der Waals surface area contributed by atoms with Crippen molar-refractivity contribution in [3.8, 4) is 5.75 Å². The van der Waals surface area contributed by atoms with Crippen LogP contribution >= 0.6 is 0 Å². The van der Waals surface area contributed by atoms with Crippen LogP contribution in [-0.4, -0.2) is 49.5 Å². The molecule has 2 saturated carbocycles. The van der Waals surface area contributed by atoms with Crippen LogP contribution in [0.1, 0.15) is 55.2 Å². The molecule has 4 aliphatic carbocycles. The number of carbonyl (C=O) groups is 3. The lowest BCUT2D eigenvalue weighted by atomic mass is 9.59. The maximum atomic E-state index is 13.5. The van der Waals surface area contributed by atoms with Gasteiger partial charge in [-0.05, 0) is 48.8 Å². The fourth-order valence-corrected chi connectivity index (χ4v) is 6.24. The standard InChI is InChI=1S/C25H28N2O7/c26-24(33)20-17(29)9-13-7-12-8-15-11(10-27-14-3-1-2-4-14)5-6-16(28)19(15)21(30)18(12)22(31)25(13,34)23(20)32/h5-6,12-14,27-28,30,32,34H,1-4,7-10H2,(H2,26,33). The Hall–Kier alpha value is -3.17. The van der Waals surface area contributed by atoms with Crippen LogP contribution in [0.3, 0.4) is 0 Å². The van der Waals surface area contributed by atoms with Crippen molar-refractivity contribution < 1.29 is 34.8 Å². The number of aliphatic hydroxyl groups excluding tert-OH is 2. The molecule has 3 unspecified atom stereocenters. The number of hydrogen-bond donors (Lipinski definition) is 6. The molecule has 7 N–H and O–H groups in total. The molecule has 0 saturated heterocycles. The van der Waals surface area contributed by atoms with Gasteiger partial charge in [0.15, 0.2) is 11.4 Å². The van der Waals surface area contributed by atoms with E-state index in [1.807, 2.05) is 0 Å². The Balaban J connectivity index is 1.58. The lowest BCUT2D eigenvalue weighted by Crippen LogP contribution is -2.58. The first kappa shape index (κ1) is 22.6. The molecule has 4 aliphatic rings. The van der Waals surface area contributed by atoms with Crippen molar-refractivity contribution in [2.75, 3.05) is 0 Å². The highest BCUT2D eigenvalue weighted by Gasteiger charge is 2.60. The van der Waals surface area contributed by atoms with E-state index in [-0.39, 0.29) is 29.7 Å². The minimum absolute atomic E-state index is 0.118. The molecule has 0 radical (unpaired) electrons. The number of primary amides is 1. The van der Waals surface area contributed by atoms with Crippen molar-refractivity contribution >= 4 is 23.2 Å². The number of benzene rings is 1. The van der Waals surface area contributed by atoms with Crippen molar-refractivity contribution in [2.45, 2.75) is 63.1 Å². The van der Waals surface area contributed by atoms with Gasteiger partial charge in [0.2, 0.25) is 5.78 Å². The summed E-state index contributed by atoms with van der Waals surface area (Å²) in [6.07, 6.45) is 4.71. The van der Waals surface area contributed by atoms with E-state index in [4.69, 9.17) is 5.73 Å². The first-order chi connectivity index (χ1) is 16.1. The summed E-state index contributed by atoms with van der Waals surface area (Å²) in [6, 6.07) is 3.68. The molecule has 2 fully saturated rings. The second kappa shape index (κ2) is 7.95. The lowest BCUT2D eigenvalue weighted by Gasteiger charge is -2.46. The van der Waals surface area contributed by atoms with Gasteiger partial charge in [0.1, 0.15) is 22.8 Å². The number of nitrogens with one attached hydrogen (secondary N) is 1. The van der Waals surface area contributed by atoms with Gasteiger partial charge in [-0.15, -0.1) is 0 Å². The smallest absolute Gasteiger partial charge is 0.255 e. The number of fused-ring (bicyclic) bond motifs is 3. The minimum atomic E-state index is -2.53. The number of phenols is 1. The fourth-order valence-electron chi connectivity index (χ4n) is 6.24. The number of aliphatic hydroxyl groups is 3. The number of phenolic OH excluding ortho intramolecular Hbond substituents is 1. The van der Waals surface area contributed by atoms with Crippen LogP contribution in [0.25, 0.3) is 5.76 Å². The van der Waals surface area contributed by atoms with Crippen LogP contribution in [0.15, 0.2) is 29.0 Å². The number of carbonyl (C=O) groups excluding carboxylic acids is 3. The normalized spacial score (nSPS) is 29.2. The highest BCUT2D eigenvalue weighted by atomic mass is 16.3. The van der Waals surface area contributed by atoms with Gasteiger partial charge in [0, 0.05) is 30.5 Å². The highest BCUT2D eigenvalue weighted by molar-refractivity contribution is 6.22. The molecule has 0 spiro atoms. The molecule has 5 rings (SSSR count). The van der Waals surface area contributed by atoms with E-state index in [1.165, 1.54) is 18.9 Å². The summed E-state index contributed by atoms with van der Waals surface area (Å²) >= 11 is 0. The second-order valence-electron chi connectivity index (χ2n) is 9.87. The largest absolute Gasteiger partial charge is 0.508 e. The van der Waals surface area contributed by atoms with Crippen molar-refractivity contribution in [3.05, 3.63) is 45.7 Å². The van der Waals surface area contributed by atoms with Crippen molar-refractivity contribution in [3.63, 3.8) is 0 Å².